The van der Waals surface area contributed by atoms with Crippen LogP contribution in [0, 0.1) is 0 Å². The van der Waals surface area contributed by atoms with Crippen LogP contribution in [-0.2, 0) is 21.3 Å². The van der Waals surface area contributed by atoms with Crippen LogP contribution in [0.3, 0.4) is 0 Å². The Bertz CT molecular complexity index is 840. The molecule has 1 N–H and O–H groups in total. The zero-order valence-corrected chi connectivity index (χ0v) is 14.9. The first-order valence-corrected chi connectivity index (χ1v) is 10.2. The Morgan fingerprint density at radius 1 is 1.32 bits per heavy atom. The normalized spacial score (nSPS) is 24.5. The number of oxazole rings is 1. The van der Waals surface area contributed by atoms with E-state index >= 15 is 0 Å². The molecule has 3 heterocycles. The van der Waals surface area contributed by atoms with Gasteiger partial charge < -0.3 is 9.15 Å². The third kappa shape index (κ3) is 3.49. The fraction of sp³-hybridized carbons (Fsp3) is 0.625. The van der Waals surface area contributed by atoms with Gasteiger partial charge in [0.25, 0.3) is 15.1 Å². The van der Waals surface area contributed by atoms with Crippen molar-refractivity contribution < 1.29 is 17.6 Å². The smallest absolute Gasteiger partial charge is 0.276 e. The lowest BCUT2D eigenvalue weighted by molar-refractivity contribution is -0.00456. The number of hydrogen-bond acceptors (Lipinski definition) is 6. The zero-order valence-electron chi connectivity index (χ0n) is 14.1. The lowest BCUT2D eigenvalue weighted by Crippen LogP contribution is -2.42. The number of aryl methyl sites for hydroxylation is 1. The fourth-order valence-corrected chi connectivity index (χ4v) is 4.25. The topological polar surface area (TPSA) is 99.2 Å². The molecule has 9 heteroatoms. The first kappa shape index (κ1) is 16.7. The lowest BCUT2D eigenvalue weighted by atomic mass is 9.99. The highest BCUT2D eigenvalue weighted by molar-refractivity contribution is 7.89. The van der Waals surface area contributed by atoms with E-state index in [0.29, 0.717) is 18.9 Å². The minimum atomic E-state index is -3.77. The molecule has 0 radical (unpaired) electrons. The summed E-state index contributed by atoms with van der Waals surface area (Å²) in [7, 11) is -3.77. The summed E-state index contributed by atoms with van der Waals surface area (Å²) in [5.74, 6) is 0.788. The van der Waals surface area contributed by atoms with Gasteiger partial charge in [-0.25, -0.2) is 18.1 Å². The monoisotopic (exact) mass is 366 g/mol. The maximum Gasteiger partial charge on any atom is 0.276 e. The Morgan fingerprint density at radius 2 is 2.16 bits per heavy atom. The third-order valence-electron chi connectivity index (χ3n) is 4.63. The van der Waals surface area contributed by atoms with Gasteiger partial charge in [0, 0.05) is 30.8 Å². The molecule has 2 aliphatic rings. The van der Waals surface area contributed by atoms with E-state index in [2.05, 4.69) is 14.8 Å². The van der Waals surface area contributed by atoms with E-state index in [1.165, 1.54) is 6.20 Å². The van der Waals surface area contributed by atoms with Gasteiger partial charge in [-0.3, -0.25) is 4.68 Å². The Morgan fingerprint density at radius 3 is 2.88 bits per heavy atom. The molecule has 0 amide bonds. The van der Waals surface area contributed by atoms with Crippen molar-refractivity contribution in [2.24, 2.45) is 0 Å². The number of rotatable bonds is 6. The molecule has 0 spiro atoms. The van der Waals surface area contributed by atoms with Crippen molar-refractivity contribution in [2.75, 3.05) is 6.61 Å². The summed E-state index contributed by atoms with van der Waals surface area (Å²) in [6.45, 7) is 3.36. The number of sulfonamides is 1. The van der Waals surface area contributed by atoms with E-state index in [1.54, 1.807) is 10.9 Å². The van der Waals surface area contributed by atoms with Crippen molar-refractivity contribution in [2.45, 2.75) is 62.3 Å². The van der Waals surface area contributed by atoms with Crippen LogP contribution in [0.5, 0.6) is 0 Å². The fourth-order valence-electron chi connectivity index (χ4n) is 3.10. The van der Waals surface area contributed by atoms with Gasteiger partial charge in [0.05, 0.1) is 18.4 Å². The molecule has 2 aromatic rings. The molecule has 4 rings (SSSR count). The predicted molar refractivity (Wildman–Crippen MR) is 88.4 cm³/mol. The largest absolute Gasteiger partial charge is 0.428 e. The Labute approximate surface area is 146 Å². The Hall–Kier alpha value is -1.71. The summed E-state index contributed by atoms with van der Waals surface area (Å²) >= 11 is 0. The Kier molecular flexibility index (Phi) is 4.38. The molecule has 0 unspecified atom stereocenters. The van der Waals surface area contributed by atoms with Crippen molar-refractivity contribution in [1.82, 2.24) is 19.5 Å². The average Bonchev–Trinajstić information content (AvgIpc) is 3.13. The minimum Gasteiger partial charge on any atom is -0.428 e. The van der Waals surface area contributed by atoms with Crippen LogP contribution in [0.1, 0.15) is 56.1 Å². The maximum absolute atomic E-state index is 12.7. The van der Waals surface area contributed by atoms with Crippen molar-refractivity contribution >= 4 is 10.0 Å². The van der Waals surface area contributed by atoms with Crippen molar-refractivity contribution in [3.8, 4) is 0 Å². The minimum absolute atomic E-state index is 0.122. The Balaban J connectivity index is 1.53. The quantitative estimate of drug-likeness (QED) is 0.839. The summed E-state index contributed by atoms with van der Waals surface area (Å²) in [6.07, 6.45) is 8.09. The highest BCUT2D eigenvalue weighted by atomic mass is 32.2. The standard InChI is InChI=1S/C16H22N4O4S/c1-2-20-10-12(8-18-20)15-13(4-3-7-23-15)19-25(21,22)14-9-17-16(24-14)11-5-6-11/h8-11,13,15,19H,2-7H2,1H3/t13-,15+/m0/s1. The first-order chi connectivity index (χ1) is 12.1. The van der Waals surface area contributed by atoms with Gasteiger partial charge in [0.1, 0.15) is 6.10 Å². The second-order valence-corrected chi connectivity index (χ2v) is 8.23. The molecule has 0 bridgehead atoms. The number of aromatic nitrogens is 3. The molecule has 0 aromatic carbocycles. The third-order valence-corrected chi connectivity index (χ3v) is 5.96. The van der Waals surface area contributed by atoms with Gasteiger partial charge in [-0.15, -0.1) is 0 Å². The van der Waals surface area contributed by atoms with Crippen LogP contribution in [0.4, 0.5) is 0 Å². The van der Waals surface area contributed by atoms with E-state index in [-0.39, 0.29) is 23.2 Å². The van der Waals surface area contributed by atoms with E-state index in [0.717, 1.165) is 31.4 Å². The van der Waals surface area contributed by atoms with Crippen molar-refractivity contribution in [1.29, 1.82) is 0 Å². The second-order valence-electron chi connectivity index (χ2n) is 6.58. The molecule has 8 nitrogen and oxygen atoms in total. The summed E-state index contributed by atoms with van der Waals surface area (Å²) in [6, 6.07) is -0.359. The van der Waals surface area contributed by atoms with Crippen molar-refractivity contribution in [3.05, 3.63) is 30.0 Å². The molecule has 1 aliphatic heterocycles. The second kappa shape index (κ2) is 6.54. The molecule has 25 heavy (non-hydrogen) atoms. The predicted octanol–water partition coefficient (Wildman–Crippen LogP) is 1.97. The van der Waals surface area contributed by atoms with Crippen LogP contribution in [0.15, 0.2) is 28.1 Å². The average molecular weight is 366 g/mol. The van der Waals surface area contributed by atoms with Crippen LogP contribution in [-0.4, -0.2) is 35.8 Å². The maximum atomic E-state index is 12.7. The number of ether oxygens (including phenoxy) is 1. The van der Waals surface area contributed by atoms with Gasteiger partial charge in [0.15, 0.2) is 5.89 Å². The van der Waals surface area contributed by atoms with E-state index in [9.17, 15) is 8.42 Å². The molecule has 2 atom stereocenters. The van der Waals surface area contributed by atoms with Gasteiger partial charge in [-0.1, -0.05) is 0 Å². The van der Waals surface area contributed by atoms with E-state index in [4.69, 9.17) is 9.15 Å². The van der Waals surface area contributed by atoms with Gasteiger partial charge >= 0.3 is 0 Å². The number of nitrogens with zero attached hydrogens (tertiary/aromatic N) is 3. The molecule has 2 fully saturated rings. The zero-order chi connectivity index (χ0) is 17.4. The van der Waals surface area contributed by atoms with Crippen molar-refractivity contribution in [3.63, 3.8) is 0 Å². The first-order valence-electron chi connectivity index (χ1n) is 8.69. The molecule has 1 saturated carbocycles. The lowest BCUT2D eigenvalue weighted by Gasteiger charge is -2.31. The van der Waals surface area contributed by atoms with Crippen LogP contribution in [0.2, 0.25) is 0 Å². The molecule has 1 aliphatic carbocycles. The number of hydrogen-bond donors (Lipinski definition) is 1. The van der Waals surface area contributed by atoms with Crippen LogP contribution < -0.4 is 4.72 Å². The molecule has 136 valence electrons. The molecule has 1 saturated heterocycles. The van der Waals surface area contributed by atoms with Gasteiger partial charge in [-0.2, -0.15) is 5.10 Å². The van der Waals surface area contributed by atoms with E-state index < -0.39 is 10.0 Å². The summed E-state index contributed by atoms with van der Waals surface area (Å²) in [5.41, 5.74) is 0.880. The number of nitrogens with one attached hydrogen (secondary N) is 1. The highest BCUT2D eigenvalue weighted by Gasteiger charge is 2.35. The van der Waals surface area contributed by atoms with Crippen LogP contribution in [0.25, 0.3) is 0 Å². The van der Waals surface area contributed by atoms with Crippen LogP contribution >= 0.6 is 0 Å². The summed E-state index contributed by atoms with van der Waals surface area (Å²) in [5, 5.41) is 4.14. The molecular formula is C16H22N4O4S. The summed E-state index contributed by atoms with van der Waals surface area (Å²) in [4.78, 5) is 4.10. The highest BCUT2D eigenvalue weighted by Crippen LogP contribution is 2.40. The SMILES string of the molecule is CCn1cc([C@H]2OCCC[C@@H]2NS(=O)(=O)c2cnc(C3CC3)o2)cn1. The van der Waals surface area contributed by atoms with E-state index in [1.807, 2.05) is 13.1 Å². The summed E-state index contributed by atoms with van der Waals surface area (Å²) < 4.78 is 41.2. The van der Waals surface area contributed by atoms with Gasteiger partial charge in [0.2, 0.25) is 0 Å². The molecule has 2 aromatic heterocycles. The molecular weight excluding hydrogens is 344 g/mol. The van der Waals surface area contributed by atoms with Gasteiger partial charge in [-0.05, 0) is 32.6 Å².